The zero-order chi connectivity index (χ0) is 24.9. The smallest absolute Gasteiger partial charge is 0.272 e. The molecule has 2 aliphatic heterocycles. The summed E-state index contributed by atoms with van der Waals surface area (Å²) in [5.41, 5.74) is 3.18. The van der Waals surface area contributed by atoms with Crippen molar-refractivity contribution >= 4 is 46.2 Å². The largest absolute Gasteiger partial charge is 0.360 e. The number of halogens is 1. The van der Waals surface area contributed by atoms with Crippen LogP contribution in [-0.2, 0) is 4.79 Å². The predicted molar refractivity (Wildman–Crippen MR) is 149 cm³/mol. The Balaban J connectivity index is 1.50. The van der Waals surface area contributed by atoms with Crippen molar-refractivity contribution in [3.8, 4) is 0 Å². The van der Waals surface area contributed by atoms with Gasteiger partial charge >= 0.3 is 0 Å². The normalized spacial score (nSPS) is 21.5. The number of thiocarbonyl (C=S) groups is 1. The molecule has 2 aromatic rings. The van der Waals surface area contributed by atoms with E-state index >= 15 is 0 Å². The molecule has 8 heteroatoms. The fourth-order valence-corrected chi connectivity index (χ4v) is 5.26. The Labute approximate surface area is 218 Å². The van der Waals surface area contributed by atoms with Gasteiger partial charge in [0, 0.05) is 41.8 Å². The lowest BCUT2D eigenvalue weighted by Gasteiger charge is -2.34. The van der Waals surface area contributed by atoms with E-state index in [9.17, 15) is 4.79 Å². The molecule has 2 heterocycles. The third-order valence-corrected chi connectivity index (χ3v) is 7.35. The van der Waals surface area contributed by atoms with Crippen LogP contribution in [0, 0.1) is 0 Å². The van der Waals surface area contributed by atoms with Crippen LogP contribution in [0.4, 0.5) is 5.69 Å². The summed E-state index contributed by atoms with van der Waals surface area (Å²) in [4.78, 5) is 22.4. The Morgan fingerprint density at radius 3 is 2.74 bits per heavy atom. The molecule has 1 fully saturated rings. The minimum atomic E-state index is -0.851. The first-order valence-electron chi connectivity index (χ1n) is 12.4. The van der Waals surface area contributed by atoms with E-state index in [0.717, 1.165) is 29.8 Å². The number of anilines is 1. The number of hydrogen-bond donors (Lipinski definition) is 2. The summed E-state index contributed by atoms with van der Waals surface area (Å²) in [5.74, 6) is -0.182. The molecular formula is C27H34ClN5OS. The number of aliphatic imine (C=N–C) groups is 1. The van der Waals surface area contributed by atoms with E-state index in [0.29, 0.717) is 21.9 Å². The molecule has 3 unspecified atom stereocenters. The second-order valence-corrected chi connectivity index (χ2v) is 10.3. The SMILES string of the molecule is CC(CCN1CCCCC1C)NC(=S)NC1N=C(c2ccccc2)c2cc(Cl)ccc2N(C)C1=O. The van der Waals surface area contributed by atoms with Gasteiger partial charge < -0.3 is 20.4 Å². The second kappa shape index (κ2) is 11.5. The first-order chi connectivity index (χ1) is 16.8. The fourth-order valence-electron chi connectivity index (χ4n) is 4.78. The van der Waals surface area contributed by atoms with Crippen molar-refractivity contribution in [1.82, 2.24) is 15.5 Å². The van der Waals surface area contributed by atoms with Crippen LogP contribution in [0.25, 0.3) is 0 Å². The number of hydrogen-bond acceptors (Lipinski definition) is 4. The van der Waals surface area contributed by atoms with Gasteiger partial charge in [-0.1, -0.05) is 48.4 Å². The molecule has 0 spiro atoms. The van der Waals surface area contributed by atoms with Crippen LogP contribution in [0.1, 0.15) is 50.7 Å². The number of benzene rings is 2. The zero-order valence-electron chi connectivity index (χ0n) is 20.6. The summed E-state index contributed by atoms with van der Waals surface area (Å²) in [6.45, 7) is 6.64. The number of nitrogens with zero attached hydrogens (tertiary/aromatic N) is 3. The average Bonchev–Trinajstić information content (AvgIpc) is 2.94. The molecule has 0 aliphatic carbocycles. The van der Waals surface area contributed by atoms with Crippen molar-refractivity contribution in [1.29, 1.82) is 0 Å². The number of fused-ring (bicyclic) bond motifs is 1. The van der Waals surface area contributed by atoms with Crippen LogP contribution in [0.5, 0.6) is 0 Å². The number of carbonyl (C=O) groups is 1. The zero-order valence-corrected chi connectivity index (χ0v) is 22.2. The van der Waals surface area contributed by atoms with Gasteiger partial charge in [-0.05, 0) is 70.1 Å². The molecule has 186 valence electrons. The van der Waals surface area contributed by atoms with E-state index in [1.807, 2.05) is 42.5 Å². The van der Waals surface area contributed by atoms with E-state index < -0.39 is 6.17 Å². The summed E-state index contributed by atoms with van der Waals surface area (Å²) in [5, 5.41) is 7.53. The molecule has 0 radical (unpaired) electrons. The molecule has 35 heavy (non-hydrogen) atoms. The van der Waals surface area contributed by atoms with Gasteiger partial charge in [-0.25, -0.2) is 4.99 Å². The number of piperidine rings is 1. The summed E-state index contributed by atoms with van der Waals surface area (Å²) < 4.78 is 0. The summed E-state index contributed by atoms with van der Waals surface area (Å²) in [6, 6.07) is 16.2. The third-order valence-electron chi connectivity index (χ3n) is 6.88. The van der Waals surface area contributed by atoms with E-state index in [2.05, 4.69) is 29.4 Å². The van der Waals surface area contributed by atoms with Crippen molar-refractivity contribution in [3.05, 3.63) is 64.7 Å². The van der Waals surface area contributed by atoms with E-state index in [4.69, 9.17) is 28.8 Å². The molecule has 2 aliphatic rings. The second-order valence-electron chi connectivity index (χ2n) is 9.49. The average molecular weight is 512 g/mol. The highest BCUT2D eigenvalue weighted by molar-refractivity contribution is 7.80. The standard InChI is InChI=1S/C27H34ClN5OS/c1-18(14-16-33-15-8-7-9-19(33)2)29-27(35)31-25-26(34)32(3)23-13-12-21(28)17-22(23)24(30-25)20-10-5-4-6-11-20/h4-6,10-13,17-19,25H,7-9,14-16H2,1-3H3,(H2,29,31,35). The minimum Gasteiger partial charge on any atom is -0.360 e. The lowest BCUT2D eigenvalue weighted by Crippen LogP contribution is -2.51. The Kier molecular flexibility index (Phi) is 8.42. The summed E-state index contributed by atoms with van der Waals surface area (Å²) in [6.07, 6.45) is 4.00. The molecule has 3 atom stereocenters. The van der Waals surface area contributed by atoms with Crippen LogP contribution in [-0.4, -0.2) is 60.0 Å². The van der Waals surface area contributed by atoms with E-state index in [1.54, 1.807) is 18.0 Å². The van der Waals surface area contributed by atoms with Crippen molar-refractivity contribution in [3.63, 3.8) is 0 Å². The van der Waals surface area contributed by atoms with Crippen molar-refractivity contribution in [2.45, 2.75) is 57.8 Å². The molecule has 0 bridgehead atoms. The summed E-state index contributed by atoms with van der Waals surface area (Å²) >= 11 is 11.9. The highest BCUT2D eigenvalue weighted by Gasteiger charge is 2.31. The van der Waals surface area contributed by atoms with Crippen LogP contribution in [0.2, 0.25) is 5.02 Å². The van der Waals surface area contributed by atoms with E-state index in [-0.39, 0.29) is 11.9 Å². The number of amides is 1. The molecule has 2 N–H and O–H groups in total. The molecule has 6 nitrogen and oxygen atoms in total. The Hall–Kier alpha value is -2.48. The van der Waals surface area contributed by atoms with Gasteiger partial charge in [0.25, 0.3) is 5.91 Å². The van der Waals surface area contributed by atoms with Crippen LogP contribution in [0.15, 0.2) is 53.5 Å². The molecule has 1 saturated heterocycles. The van der Waals surface area contributed by atoms with Gasteiger partial charge in [-0.3, -0.25) is 4.79 Å². The number of likely N-dealkylation sites (N-methyl/N-ethyl adjacent to an activating group) is 1. The fraction of sp³-hybridized carbons (Fsp3) is 0.444. The number of rotatable bonds is 6. The monoisotopic (exact) mass is 511 g/mol. The highest BCUT2D eigenvalue weighted by atomic mass is 35.5. The maximum absolute atomic E-state index is 13.4. The lowest BCUT2D eigenvalue weighted by molar-refractivity contribution is -0.119. The molecular weight excluding hydrogens is 478 g/mol. The van der Waals surface area contributed by atoms with Crippen molar-refractivity contribution in [2.24, 2.45) is 4.99 Å². The van der Waals surface area contributed by atoms with E-state index in [1.165, 1.54) is 25.8 Å². The third kappa shape index (κ3) is 6.21. The van der Waals surface area contributed by atoms with Gasteiger partial charge in [-0.15, -0.1) is 0 Å². The molecule has 4 rings (SSSR count). The molecule has 1 amide bonds. The first kappa shape index (κ1) is 25.6. The van der Waals surface area contributed by atoms with Gasteiger partial charge in [0.1, 0.15) is 0 Å². The Morgan fingerprint density at radius 1 is 1.23 bits per heavy atom. The molecule has 2 aromatic carbocycles. The Morgan fingerprint density at radius 2 is 2.00 bits per heavy atom. The first-order valence-corrected chi connectivity index (χ1v) is 13.1. The maximum Gasteiger partial charge on any atom is 0.272 e. The molecule has 0 saturated carbocycles. The van der Waals surface area contributed by atoms with Crippen LogP contribution in [0.3, 0.4) is 0 Å². The number of nitrogens with one attached hydrogen (secondary N) is 2. The highest BCUT2D eigenvalue weighted by Crippen LogP contribution is 2.29. The predicted octanol–water partition coefficient (Wildman–Crippen LogP) is 4.60. The topological polar surface area (TPSA) is 60.0 Å². The van der Waals surface area contributed by atoms with Crippen LogP contribution >= 0.6 is 23.8 Å². The number of likely N-dealkylation sites (tertiary alicyclic amines) is 1. The number of benzodiazepines with no additional fused rings is 1. The maximum atomic E-state index is 13.4. The van der Waals surface area contributed by atoms with Gasteiger partial charge in [0.15, 0.2) is 5.11 Å². The van der Waals surface area contributed by atoms with Gasteiger partial charge in [-0.2, -0.15) is 0 Å². The molecule has 0 aromatic heterocycles. The van der Waals surface area contributed by atoms with Gasteiger partial charge in [0.05, 0.1) is 11.4 Å². The summed E-state index contributed by atoms with van der Waals surface area (Å²) in [7, 11) is 1.76. The van der Waals surface area contributed by atoms with Gasteiger partial charge in [0.2, 0.25) is 6.17 Å². The quantitative estimate of drug-likeness (QED) is 0.555. The minimum absolute atomic E-state index is 0.177. The van der Waals surface area contributed by atoms with Crippen molar-refractivity contribution < 1.29 is 4.79 Å². The van der Waals surface area contributed by atoms with Crippen LogP contribution < -0.4 is 15.5 Å². The lowest BCUT2D eigenvalue weighted by atomic mass is 10.0. The Bertz CT molecular complexity index is 1090. The van der Waals surface area contributed by atoms with Crippen molar-refractivity contribution in [2.75, 3.05) is 25.0 Å². The number of carbonyl (C=O) groups excluding carboxylic acids is 1.